The first kappa shape index (κ1) is 44.7. The van der Waals surface area contributed by atoms with Gasteiger partial charge < -0.3 is 41.9 Å². The second kappa shape index (κ2) is 29.7. The molecule has 0 fully saturated rings. The number of carbonyl (C=O) groups is 5. The lowest BCUT2D eigenvalue weighted by Gasteiger charge is -2.28. The molecule has 0 saturated heterocycles. The van der Waals surface area contributed by atoms with Crippen molar-refractivity contribution in [2.75, 3.05) is 54.4 Å². The lowest BCUT2D eigenvalue weighted by atomic mass is 10.0. The van der Waals surface area contributed by atoms with Crippen molar-refractivity contribution in [2.24, 2.45) is 0 Å². The molecule has 0 aromatic heterocycles. The van der Waals surface area contributed by atoms with Gasteiger partial charge in [0.1, 0.15) is 12.1 Å². The first-order chi connectivity index (χ1) is 19.3. The smallest absolute Gasteiger partial charge is 0.247 e. The second-order valence-electron chi connectivity index (χ2n) is 8.57. The molecule has 0 aromatic rings. The van der Waals surface area contributed by atoms with E-state index in [1.165, 1.54) is 26.6 Å². The summed E-state index contributed by atoms with van der Waals surface area (Å²) < 4.78 is 0. The molecule has 0 radical (unpaired) electrons. The maximum absolute atomic E-state index is 12.7. The van der Waals surface area contributed by atoms with E-state index in [1.54, 1.807) is 26.8 Å². The first-order valence-electron chi connectivity index (χ1n) is 13.9. The average Bonchev–Trinajstić information content (AvgIpc) is 2.94. The predicted octanol–water partition coefficient (Wildman–Crippen LogP) is -0.323. The van der Waals surface area contributed by atoms with Gasteiger partial charge in [-0.2, -0.15) is 0 Å². The Morgan fingerprint density at radius 1 is 0.878 bits per heavy atom. The van der Waals surface area contributed by atoms with Gasteiger partial charge in [0, 0.05) is 13.1 Å². The fourth-order valence-electron chi connectivity index (χ4n) is 2.68. The highest BCUT2D eigenvalue weighted by Gasteiger charge is 2.29. The molecule has 0 heterocycles. The Bertz CT molecular complexity index is 782. The number of aliphatic hydroxyl groups excluding tert-OH is 1. The second-order valence-corrected chi connectivity index (χ2v) is 8.57. The maximum Gasteiger partial charge on any atom is 0.247 e. The third-order valence-corrected chi connectivity index (χ3v) is 4.49. The molecule has 13 nitrogen and oxygen atoms in total. The lowest BCUT2D eigenvalue weighted by molar-refractivity contribution is -0.138. The fraction of sp³-hybridized carbons (Fsp3) is 0.679. The first-order valence-corrected chi connectivity index (χ1v) is 13.9. The number of carbonyl (C=O) groups excluding carboxylic acids is 5. The molecule has 240 valence electrons. The Hall–Kier alpha value is -3.29. The van der Waals surface area contributed by atoms with E-state index in [4.69, 9.17) is 5.11 Å². The van der Waals surface area contributed by atoms with Crippen LogP contribution < -0.4 is 31.9 Å². The van der Waals surface area contributed by atoms with Crippen LogP contribution in [0.15, 0.2) is 24.3 Å². The zero-order chi connectivity index (χ0) is 33.0. The van der Waals surface area contributed by atoms with E-state index in [2.05, 4.69) is 52.3 Å². The number of aliphatic hydroxyl groups is 1. The van der Waals surface area contributed by atoms with Crippen molar-refractivity contribution in [1.29, 1.82) is 0 Å². The summed E-state index contributed by atoms with van der Waals surface area (Å²) in [6, 6.07) is -2.01. The van der Waals surface area contributed by atoms with Gasteiger partial charge in [-0.25, -0.2) is 0 Å². The van der Waals surface area contributed by atoms with E-state index >= 15 is 0 Å². The summed E-state index contributed by atoms with van der Waals surface area (Å²) in [5.74, 6) is -2.73. The summed E-state index contributed by atoms with van der Waals surface area (Å²) in [5, 5.41) is 24.2. The van der Waals surface area contributed by atoms with Crippen LogP contribution in [-0.2, 0) is 24.0 Å². The molecule has 0 rings (SSSR count). The van der Waals surface area contributed by atoms with Gasteiger partial charge in [-0.15, -0.1) is 0 Å². The summed E-state index contributed by atoms with van der Waals surface area (Å²) >= 11 is 0. The number of likely N-dealkylation sites (N-methyl/N-ethyl adjacent to an activating group) is 2. The van der Waals surface area contributed by atoms with Gasteiger partial charge in [-0.3, -0.25) is 24.0 Å². The van der Waals surface area contributed by atoms with Crippen LogP contribution in [0.4, 0.5) is 0 Å². The number of rotatable bonds is 14. The third-order valence-electron chi connectivity index (χ3n) is 4.49. The fourth-order valence-corrected chi connectivity index (χ4v) is 2.68. The van der Waals surface area contributed by atoms with E-state index in [0.717, 1.165) is 4.90 Å². The van der Waals surface area contributed by atoms with Crippen LogP contribution in [0.3, 0.4) is 0 Å². The largest absolute Gasteiger partial charge is 0.394 e. The lowest BCUT2D eigenvalue weighted by Crippen LogP contribution is -2.53. The summed E-state index contributed by atoms with van der Waals surface area (Å²) in [7, 11) is 6.63. The van der Waals surface area contributed by atoms with Crippen LogP contribution in [0.5, 0.6) is 0 Å². The van der Waals surface area contributed by atoms with Crippen LogP contribution in [0.1, 0.15) is 54.9 Å². The molecule has 0 aromatic carbocycles. The Kier molecular flexibility index (Phi) is 32.4. The molecule has 0 aliphatic heterocycles. The quantitative estimate of drug-likeness (QED) is 0.135. The highest BCUT2D eigenvalue weighted by Crippen LogP contribution is 2.11. The van der Waals surface area contributed by atoms with Crippen molar-refractivity contribution in [3.8, 4) is 0 Å². The number of amides is 5. The number of hydrogen-bond acceptors (Lipinski definition) is 8. The SMILES string of the molecule is C=C/C(=C\C)C(C(=O)NCC(=O)NC(C)C)N(C)C(=O)CNC(=O)CNC(=O)[C@@H](CO)NC.CC.CCC.CNC. The number of nitrogens with zero attached hydrogens (tertiary/aromatic N) is 1. The third kappa shape index (κ3) is 23.1. The molecule has 0 spiro atoms. The van der Waals surface area contributed by atoms with E-state index < -0.39 is 55.4 Å². The van der Waals surface area contributed by atoms with E-state index in [9.17, 15) is 24.0 Å². The Balaban J connectivity index is -0.000000764. The van der Waals surface area contributed by atoms with Gasteiger partial charge in [-0.1, -0.05) is 52.8 Å². The number of nitrogens with one attached hydrogen (secondary N) is 6. The van der Waals surface area contributed by atoms with Crippen molar-refractivity contribution in [2.45, 2.75) is 73.0 Å². The standard InChI is InChI=1S/C21H36N6O6.C3H8.C2H7N.C2H6/c1-7-14(8-2)19(21(33)25-10-17(30)26-13(3)4)27(6)18(31)11-23-16(29)9-24-20(32)15(12-28)22-5;2*1-3-2;1-2/h7-8,13,15,19,22,28H,1,9-12H2,2-6H3,(H,23,29)(H,24,32)(H,25,33)(H,26,30);3H2,1-2H3;3H,1-2H3;1-2H3/b14-8+;;;/t15-,19?;;;/m1.../s1. The van der Waals surface area contributed by atoms with Crippen LogP contribution in [0.2, 0.25) is 0 Å². The molecule has 2 atom stereocenters. The number of hydrogen-bond donors (Lipinski definition) is 7. The van der Waals surface area contributed by atoms with Gasteiger partial charge in [0.05, 0.1) is 26.2 Å². The van der Waals surface area contributed by atoms with Crippen molar-refractivity contribution in [3.63, 3.8) is 0 Å². The summed E-state index contributed by atoms with van der Waals surface area (Å²) in [4.78, 5) is 62.0. The minimum Gasteiger partial charge on any atom is -0.394 e. The van der Waals surface area contributed by atoms with Gasteiger partial charge in [-0.05, 0) is 47.5 Å². The minimum absolute atomic E-state index is 0.0881. The van der Waals surface area contributed by atoms with Crippen LogP contribution >= 0.6 is 0 Å². The van der Waals surface area contributed by atoms with Crippen molar-refractivity contribution in [1.82, 2.24) is 36.8 Å². The Morgan fingerprint density at radius 3 is 1.73 bits per heavy atom. The van der Waals surface area contributed by atoms with E-state index in [1.807, 2.05) is 27.9 Å². The molecule has 0 aliphatic rings. The Labute approximate surface area is 247 Å². The zero-order valence-electron chi connectivity index (χ0n) is 27.1. The summed E-state index contributed by atoms with van der Waals surface area (Å²) in [5.41, 5.74) is 0.438. The topological polar surface area (TPSA) is 181 Å². The zero-order valence-corrected chi connectivity index (χ0v) is 27.1. The van der Waals surface area contributed by atoms with Crippen LogP contribution in [0.25, 0.3) is 0 Å². The van der Waals surface area contributed by atoms with Crippen LogP contribution in [-0.4, -0.2) is 112 Å². The summed E-state index contributed by atoms with van der Waals surface area (Å²) in [6.07, 6.45) is 4.29. The van der Waals surface area contributed by atoms with Gasteiger partial charge >= 0.3 is 0 Å². The highest BCUT2D eigenvalue weighted by atomic mass is 16.3. The predicted molar refractivity (Wildman–Crippen MR) is 165 cm³/mol. The highest BCUT2D eigenvalue weighted by molar-refractivity contribution is 5.94. The van der Waals surface area contributed by atoms with Crippen molar-refractivity contribution >= 4 is 29.5 Å². The molecule has 7 N–H and O–H groups in total. The normalized spacial score (nSPS) is 11.4. The monoisotopic (exact) mass is 587 g/mol. The molecule has 13 heteroatoms. The van der Waals surface area contributed by atoms with Crippen molar-refractivity contribution < 1.29 is 29.1 Å². The molecule has 5 amide bonds. The van der Waals surface area contributed by atoms with E-state index in [-0.39, 0.29) is 18.5 Å². The average molecular weight is 588 g/mol. The van der Waals surface area contributed by atoms with E-state index in [0.29, 0.717) is 5.57 Å². The minimum atomic E-state index is -1.07. The number of allylic oxidation sites excluding steroid dienone is 1. The van der Waals surface area contributed by atoms with Crippen molar-refractivity contribution in [3.05, 3.63) is 24.3 Å². The molecular formula is C28H57N7O6. The maximum atomic E-state index is 12.7. The van der Waals surface area contributed by atoms with Crippen LogP contribution in [0, 0.1) is 0 Å². The van der Waals surface area contributed by atoms with Gasteiger partial charge in [0.15, 0.2) is 0 Å². The molecule has 41 heavy (non-hydrogen) atoms. The molecule has 0 saturated carbocycles. The summed E-state index contributed by atoms with van der Waals surface area (Å²) in [6.45, 7) is 15.6. The molecule has 1 unspecified atom stereocenters. The van der Waals surface area contributed by atoms with Gasteiger partial charge in [0.2, 0.25) is 29.5 Å². The Morgan fingerprint density at radius 2 is 1.34 bits per heavy atom. The molecule has 0 bridgehead atoms. The van der Waals surface area contributed by atoms with Gasteiger partial charge in [0.25, 0.3) is 0 Å². The molecule has 0 aliphatic carbocycles. The molecular weight excluding hydrogens is 530 g/mol.